The molecule has 5 nitrogen and oxygen atoms in total. The van der Waals surface area contributed by atoms with E-state index in [2.05, 4.69) is 5.16 Å². The third-order valence-electron chi connectivity index (χ3n) is 3.14. The van der Waals surface area contributed by atoms with Crippen LogP contribution in [0.4, 0.5) is 18.9 Å². The van der Waals surface area contributed by atoms with Gasteiger partial charge in [-0.2, -0.15) is 21.6 Å². The summed E-state index contributed by atoms with van der Waals surface area (Å²) in [5.74, 6) is 0. The van der Waals surface area contributed by atoms with Crippen LogP contribution in [0.5, 0.6) is 0 Å². The second kappa shape index (κ2) is 8.28. The van der Waals surface area contributed by atoms with E-state index in [0.29, 0.717) is 0 Å². The molecule has 1 N–H and O–H groups in total. The van der Waals surface area contributed by atoms with Gasteiger partial charge in [0.2, 0.25) is 0 Å². The minimum atomic E-state index is -5.57. The molecule has 0 aliphatic heterocycles. The number of alkyl halides is 3. The van der Waals surface area contributed by atoms with Crippen molar-refractivity contribution in [1.29, 1.82) is 0 Å². The molecule has 0 amide bonds. The minimum Gasteiger partial charge on any atom is -0.390 e. The van der Waals surface area contributed by atoms with Crippen LogP contribution in [-0.4, -0.2) is 19.6 Å². The molecular formula is C15H14ClF3N2O3S2. The number of halogens is 4. The zero-order valence-electron chi connectivity index (χ0n) is 13.4. The third kappa shape index (κ3) is 5.12. The Hall–Kier alpha value is -1.78. The Morgan fingerprint density at radius 3 is 2.65 bits per heavy atom. The lowest BCUT2D eigenvalue weighted by atomic mass is 10.1. The Labute approximate surface area is 157 Å². The third-order valence-corrected chi connectivity index (χ3v) is 5.32. The molecule has 2 rings (SSSR count). The number of oxime groups is 1. The number of rotatable bonds is 7. The van der Waals surface area contributed by atoms with Gasteiger partial charge in [-0.05, 0) is 36.1 Å². The predicted molar refractivity (Wildman–Crippen MR) is 96.0 cm³/mol. The summed E-state index contributed by atoms with van der Waals surface area (Å²) in [6.07, 6.45) is 0.283. The van der Waals surface area contributed by atoms with Gasteiger partial charge >= 0.3 is 15.5 Å². The number of anilines is 1. The minimum absolute atomic E-state index is 0.110. The first-order chi connectivity index (χ1) is 12.1. The van der Waals surface area contributed by atoms with Crippen molar-refractivity contribution in [2.75, 3.05) is 4.72 Å². The van der Waals surface area contributed by atoms with E-state index in [1.54, 1.807) is 6.92 Å². The number of hydrogen-bond donors (Lipinski definition) is 1. The van der Waals surface area contributed by atoms with Gasteiger partial charge in [0.1, 0.15) is 0 Å². The normalized spacial score (nSPS) is 12.9. The Morgan fingerprint density at radius 2 is 2.08 bits per heavy atom. The van der Waals surface area contributed by atoms with Gasteiger partial charge in [0.25, 0.3) is 0 Å². The second-order valence-electron chi connectivity index (χ2n) is 4.99. The first-order valence-corrected chi connectivity index (χ1v) is 9.98. The highest BCUT2D eigenvalue weighted by Crippen LogP contribution is 2.29. The van der Waals surface area contributed by atoms with Gasteiger partial charge in [-0.3, -0.25) is 4.72 Å². The maximum absolute atomic E-state index is 12.6. The molecule has 0 bridgehead atoms. The number of sulfonamides is 1. The van der Waals surface area contributed by atoms with Crippen LogP contribution in [0.2, 0.25) is 5.02 Å². The zero-order chi connectivity index (χ0) is 19.4. The van der Waals surface area contributed by atoms with Crippen LogP contribution in [0.25, 0.3) is 0 Å². The van der Waals surface area contributed by atoms with E-state index in [-0.39, 0.29) is 35.0 Å². The van der Waals surface area contributed by atoms with Crippen LogP contribution in [-0.2, 0) is 21.5 Å². The lowest BCUT2D eigenvalue weighted by Gasteiger charge is -2.15. The molecule has 0 aliphatic carbocycles. The number of thiophene rings is 1. The molecule has 1 heterocycles. The Bertz CT molecular complexity index is 882. The fourth-order valence-corrected chi connectivity index (χ4v) is 3.28. The average Bonchev–Trinajstić information content (AvgIpc) is 3.05. The lowest BCUT2D eigenvalue weighted by Crippen LogP contribution is -2.30. The Kier molecular flexibility index (Phi) is 6.53. The number of hydrogen-bond acceptors (Lipinski definition) is 5. The SMILES string of the molecule is CCC(=NOCc1cccs1)c1cc(Cl)ccc1NS(=O)(=O)C(F)(F)F. The largest absolute Gasteiger partial charge is 0.516 e. The molecule has 142 valence electrons. The Balaban J connectivity index is 2.32. The summed E-state index contributed by atoms with van der Waals surface area (Å²) in [5, 5.41) is 6.01. The van der Waals surface area contributed by atoms with Crippen LogP contribution in [0.1, 0.15) is 23.8 Å². The molecule has 0 unspecified atom stereocenters. The molecule has 0 saturated carbocycles. The van der Waals surface area contributed by atoms with Gasteiger partial charge in [-0.1, -0.05) is 29.7 Å². The highest BCUT2D eigenvalue weighted by molar-refractivity contribution is 7.93. The molecule has 0 spiro atoms. The van der Waals surface area contributed by atoms with Crippen molar-refractivity contribution in [3.05, 3.63) is 51.2 Å². The monoisotopic (exact) mass is 426 g/mol. The number of nitrogens with one attached hydrogen (secondary N) is 1. The van der Waals surface area contributed by atoms with Crippen molar-refractivity contribution >= 4 is 44.4 Å². The standard InChI is InChI=1S/C15H14ClF3N2O3S2/c1-2-13(20-24-9-11-4-3-7-25-11)12-8-10(16)5-6-14(12)21-26(22,23)15(17,18)19/h3-8,21H,2,9H2,1H3. The zero-order valence-corrected chi connectivity index (χ0v) is 15.8. The molecule has 1 aromatic heterocycles. The van der Waals surface area contributed by atoms with Crippen LogP contribution in [0.15, 0.2) is 40.9 Å². The molecule has 0 radical (unpaired) electrons. The van der Waals surface area contributed by atoms with Crippen molar-refractivity contribution in [3.8, 4) is 0 Å². The van der Waals surface area contributed by atoms with E-state index in [0.717, 1.165) is 10.9 Å². The predicted octanol–water partition coefficient (Wildman–Crippen LogP) is 4.99. The maximum atomic E-state index is 12.6. The molecule has 0 atom stereocenters. The number of benzene rings is 1. The second-order valence-corrected chi connectivity index (χ2v) is 8.13. The first-order valence-electron chi connectivity index (χ1n) is 7.24. The van der Waals surface area contributed by atoms with E-state index in [9.17, 15) is 21.6 Å². The van der Waals surface area contributed by atoms with E-state index in [1.807, 2.05) is 17.5 Å². The summed E-state index contributed by atoms with van der Waals surface area (Å²) in [6.45, 7) is 1.89. The van der Waals surface area contributed by atoms with Crippen molar-refractivity contribution < 1.29 is 26.4 Å². The molecular weight excluding hydrogens is 413 g/mol. The van der Waals surface area contributed by atoms with Crippen LogP contribution < -0.4 is 4.72 Å². The summed E-state index contributed by atoms with van der Waals surface area (Å²) in [5.41, 5.74) is -5.36. The first kappa shape index (κ1) is 20.5. The van der Waals surface area contributed by atoms with Gasteiger partial charge in [-0.25, -0.2) is 0 Å². The Morgan fingerprint density at radius 1 is 1.35 bits per heavy atom. The van der Waals surface area contributed by atoms with E-state index >= 15 is 0 Å². The molecule has 1 aromatic carbocycles. The molecule has 0 aliphatic rings. The molecule has 11 heteroatoms. The van der Waals surface area contributed by atoms with Gasteiger partial charge < -0.3 is 4.84 Å². The van der Waals surface area contributed by atoms with Gasteiger partial charge in [0.15, 0.2) is 6.61 Å². The summed E-state index contributed by atoms with van der Waals surface area (Å²) in [6, 6.07) is 7.43. The molecule has 0 saturated heterocycles. The lowest BCUT2D eigenvalue weighted by molar-refractivity contribution is -0.0429. The quantitative estimate of drug-likeness (QED) is 0.500. The summed E-state index contributed by atoms with van der Waals surface area (Å²) in [4.78, 5) is 6.14. The summed E-state index contributed by atoms with van der Waals surface area (Å²) in [7, 11) is -5.57. The van der Waals surface area contributed by atoms with Gasteiger partial charge in [-0.15, -0.1) is 11.3 Å². The maximum Gasteiger partial charge on any atom is 0.516 e. The van der Waals surface area contributed by atoms with Gasteiger partial charge in [0, 0.05) is 15.5 Å². The average molecular weight is 427 g/mol. The van der Waals surface area contributed by atoms with Crippen LogP contribution in [0.3, 0.4) is 0 Å². The topological polar surface area (TPSA) is 67.8 Å². The highest BCUT2D eigenvalue weighted by Gasteiger charge is 2.46. The van der Waals surface area contributed by atoms with E-state index < -0.39 is 15.5 Å². The van der Waals surface area contributed by atoms with E-state index in [4.69, 9.17) is 16.4 Å². The highest BCUT2D eigenvalue weighted by atomic mass is 35.5. The van der Waals surface area contributed by atoms with Crippen molar-refractivity contribution in [3.63, 3.8) is 0 Å². The molecule has 26 heavy (non-hydrogen) atoms. The molecule has 0 fully saturated rings. The summed E-state index contributed by atoms with van der Waals surface area (Å²) < 4.78 is 62.3. The summed E-state index contributed by atoms with van der Waals surface area (Å²) >= 11 is 7.36. The number of nitrogens with zero attached hydrogens (tertiary/aromatic N) is 1. The van der Waals surface area contributed by atoms with Gasteiger partial charge in [0.05, 0.1) is 11.4 Å². The fraction of sp³-hybridized carbons (Fsp3) is 0.267. The van der Waals surface area contributed by atoms with Crippen molar-refractivity contribution in [2.24, 2.45) is 5.16 Å². The van der Waals surface area contributed by atoms with E-state index in [1.165, 1.54) is 28.2 Å². The smallest absolute Gasteiger partial charge is 0.390 e. The molecule has 2 aromatic rings. The van der Waals surface area contributed by atoms with Crippen molar-refractivity contribution in [2.45, 2.75) is 25.5 Å². The van der Waals surface area contributed by atoms with Crippen LogP contribution in [0, 0.1) is 0 Å². The van der Waals surface area contributed by atoms with Crippen molar-refractivity contribution in [1.82, 2.24) is 0 Å². The van der Waals surface area contributed by atoms with Crippen LogP contribution >= 0.6 is 22.9 Å². The fourth-order valence-electron chi connectivity index (χ4n) is 1.92.